The Morgan fingerprint density at radius 2 is 1.80 bits per heavy atom. The van der Waals surface area contributed by atoms with E-state index in [0.29, 0.717) is 31.9 Å². The molecular weight excluding hydrogens is 488 g/mol. The van der Waals surface area contributed by atoms with Crippen LogP contribution in [0.25, 0.3) is 0 Å². The zero-order chi connectivity index (χ0) is 25.6. The van der Waals surface area contributed by atoms with Crippen molar-refractivity contribution < 1.29 is 30.8 Å². The van der Waals surface area contributed by atoms with Crippen molar-refractivity contribution in [2.45, 2.75) is 55.5 Å². The molecular formula is C23H24F4N4O3S. The molecule has 1 aliphatic carbocycles. The van der Waals surface area contributed by atoms with Gasteiger partial charge in [0.25, 0.3) is 5.91 Å². The van der Waals surface area contributed by atoms with Crippen LogP contribution in [0.2, 0.25) is 0 Å². The third-order valence-electron chi connectivity index (χ3n) is 6.69. The molecule has 1 aliphatic heterocycles. The summed E-state index contributed by atoms with van der Waals surface area (Å²) in [4.78, 5) is 20.5. The fraction of sp³-hybridized carbons (Fsp3) is 0.435. The molecule has 1 aromatic heterocycles. The number of pyridine rings is 1. The summed E-state index contributed by atoms with van der Waals surface area (Å²) in [6.07, 6.45) is -0.981. The van der Waals surface area contributed by atoms with Crippen LogP contribution in [0.5, 0.6) is 0 Å². The van der Waals surface area contributed by atoms with Crippen LogP contribution in [-0.4, -0.2) is 35.6 Å². The number of amidine groups is 1. The van der Waals surface area contributed by atoms with E-state index < -0.39 is 49.3 Å². The molecule has 7 nitrogen and oxygen atoms in total. The Balaban J connectivity index is 1.64. The normalized spacial score (nSPS) is 23.5. The predicted molar refractivity (Wildman–Crippen MR) is 122 cm³/mol. The largest absolute Gasteiger partial charge is 0.417 e. The average Bonchev–Trinajstić information content (AvgIpc) is 2.79. The highest BCUT2D eigenvalue weighted by molar-refractivity contribution is 7.93. The van der Waals surface area contributed by atoms with Crippen molar-refractivity contribution in [1.82, 2.24) is 4.98 Å². The number of anilines is 1. The van der Waals surface area contributed by atoms with Gasteiger partial charge < -0.3 is 11.1 Å². The van der Waals surface area contributed by atoms with Gasteiger partial charge in [-0.1, -0.05) is 19.3 Å². The number of sulfone groups is 1. The fourth-order valence-corrected chi connectivity index (χ4v) is 7.31. The molecule has 0 radical (unpaired) electrons. The maximum absolute atomic E-state index is 14.9. The second-order valence-electron chi connectivity index (χ2n) is 9.16. The summed E-state index contributed by atoms with van der Waals surface area (Å²) in [5, 5.41) is 2.45. The second kappa shape index (κ2) is 8.58. The minimum absolute atomic E-state index is 0.0336. The lowest BCUT2D eigenvalue weighted by atomic mass is 9.86. The number of aliphatic imine (C=N–C) groups is 1. The van der Waals surface area contributed by atoms with Crippen LogP contribution in [0.4, 0.5) is 23.2 Å². The van der Waals surface area contributed by atoms with Gasteiger partial charge in [0, 0.05) is 17.4 Å². The summed E-state index contributed by atoms with van der Waals surface area (Å²) in [5.74, 6) is -2.03. The number of aromatic nitrogens is 1. The molecule has 2 aliphatic rings. The quantitative estimate of drug-likeness (QED) is 0.599. The van der Waals surface area contributed by atoms with E-state index in [-0.39, 0.29) is 22.8 Å². The Bertz CT molecular complexity index is 1290. The molecule has 1 spiro atoms. The van der Waals surface area contributed by atoms with E-state index in [2.05, 4.69) is 15.3 Å². The zero-order valence-electron chi connectivity index (χ0n) is 18.8. The van der Waals surface area contributed by atoms with Crippen LogP contribution in [-0.2, 0) is 21.6 Å². The summed E-state index contributed by atoms with van der Waals surface area (Å²) < 4.78 is 78.6. The highest BCUT2D eigenvalue weighted by Gasteiger charge is 2.55. The Kier molecular flexibility index (Phi) is 6.15. The number of rotatable bonds is 3. The highest BCUT2D eigenvalue weighted by atomic mass is 32.2. The number of halogens is 4. The first kappa shape index (κ1) is 25.1. The monoisotopic (exact) mass is 512 g/mol. The SMILES string of the molecule is CC1(c2cc(NC(=O)c3ccc(C(F)(F)F)cn3)ccc2F)CS(=O)(=O)C2(CCCCC2)C(N)=N1. The van der Waals surface area contributed by atoms with Crippen molar-refractivity contribution in [1.29, 1.82) is 0 Å². The van der Waals surface area contributed by atoms with Crippen molar-refractivity contribution in [2.24, 2.45) is 10.7 Å². The van der Waals surface area contributed by atoms with E-state index in [1.54, 1.807) is 0 Å². The maximum Gasteiger partial charge on any atom is 0.417 e. The first-order valence-electron chi connectivity index (χ1n) is 11.0. The predicted octanol–water partition coefficient (Wildman–Crippen LogP) is 4.20. The molecule has 0 bridgehead atoms. The van der Waals surface area contributed by atoms with Crippen LogP contribution in [0.15, 0.2) is 41.5 Å². The molecule has 1 unspecified atom stereocenters. The summed E-state index contributed by atoms with van der Waals surface area (Å²) >= 11 is 0. The van der Waals surface area contributed by atoms with E-state index in [4.69, 9.17) is 5.73 Å². The Labute approximate surface area is 199 Å². The Morgan fingerprint density at radius 1 is 1.11 bits per heavy atom. The van der Waals surface area contributed by atoms with Crippen LogP contribution < -0.4 is 11.1 Å². The Morgan fingerprint density at radius 3 is 2.37 bits per heavy atom. The van der Waals surface area contributed by atoms with Gasteiger partial charge in [-0.25, -0.2) is 12.8 Å². The minimum Gasteiger partial charge on any atom is -0.386 e. The van der Waals surface area contributed by atoms with Gasteiger partial charge in [0.15, 0.2) is 9.84 Å². The molecule has 2 aromatic rings. The molecule has 35 heavy (non-hydrogen) atoms. The van der Waals surface area contributed by atoms with Gasteiger partial charge in [-0.3, -0.25) is 14.8 Å². The number of carbonyl (C=O) groups is 1. The van der Waals surface area contributed by atoms with E-state index >= 15 is 0 Å². The molecule has 3 N–H and O–H groups in total. The topological polar surface area (TPSA) is 115 Å². The van der Waals surface area contributed by atoms with E-state index in [0.717, 1.165) is 24.6 Å². The van der Waals surface area contributed by atoms with Crippen LogP contribution in [0.1, 0.15) is 60.6 Å². The van der Waals surface area contributed by atoms with E-state index in [1.807, 2.05) is 0 Å². The molecule has 1 fully saturated rings. The van der Waals surface area contributed by atoms with Crippen LogP contribution >= 0.6 is 0 Å². The number of carbonyl (C=O) groups excluding carboxylic acids is 1. The van der Waals surface area contributed by atoms with Crippen molar-refractivity contribution >= 4 is 27.3 Å². The standard InChI is InChI=1S/C23H24F4N4O3S/c1-21(13-35(33,34)22(20(28)31-21)9-3-2-4-10-22)16-11-15(6-7-17(16)24)30-19(32)18-8-5-14(12-29-18)23(25,26)27/h5-8,11-12H,2-4,9-10,13H2,1H3,(H2,28,31)(H,30,32). The molecule has 2 heterocycles. The fourth-order valence-electron chi connectivity index (χ4n) is 4.80. The lowest BCUT2D eigenvalue weighted by Gasteiger charge is -2.43. The molecule has 1 aromatic carbocycles. The Hall–Kier alpha value is -3.02. The van der Waals surface area contributed by atoms with E-state index in [1.165, 1.54) is 19.1 Å². The molecule has 4 rings (SSSR count). The van der Waals surface area contributed by atoms with Gasteiger partial charge in [-0.2, -0.15) is 13.2 Å². The number of hydrogen-bond acceptors (Lipinski definition) is 6. The molecule has 188 valence electrons. The number of nitrogens with one attached hydrogen (secondary N) is 1. The van der Waals surface area contributed by atoms with Gasteiger partial charge >= 0.3 is 6.18 Å². The first-order valence-corrected chi connectivity index (χ1v) is 12.7. The second-order valence-corrected chi connectivity index (χ2v) is 11.5. The van der Waals surface area contributed by atoms with Crippen molar-refractivity contribution in [3.8, 4) is 0 Å². The summed E-state index contributed by atoms with van der Waals surface area (Å²) in [5.41, 5.74) is 3.42. The third kappa shape index (κ3) is 4.51. The van der Waals surface area contributed by atoms with Gasteiger partial charge in [-0.05, 0) is 50.1 Å². The summed E-state index contributed by atoms with van der Waals surface area (Å²) in [7, 11) is -3.77. The van der Waals surface area contributed by atoms with Gasteiger partial charge in [0.2, 0.25) is 0 Å². The van der Waals surface area contributed by atoms with Crippen molar-refractivity contribution in [3.63, 3.8) is 0 Å². The summed E-state index contributed by atoms with van der Waals surface area (Å²) in [6, 6.07) is 5.20. The van der Waals surface area contributed by atoms with Gasteiger partial charge in [-0.15, -0.1) is 0 Å². The minimum atomic E-state index is -4.60. The van der Waals surface area contributed by atoms with Crippen molar-refractivity contribution in [2.75, 3.05) is 11.1 Å². The van der Waals surface area contributed by atoms with Gasteiger partial charge in [0.05, 0.1) is 11.3 Å². The molecule has 1 atom stereocenters. The lowest BCUT2D eigenvalue weighted by Crippen LogP contribution is -2.59. The first-order chi connectivity index (χ1) is 16.3. The average molecular weight is 513 g/mol. The number of nitrogens with two attached hydrogens (primary N) is 1. The number of benzene rings is 1. The third-order valence-corrected chi connectivity index (χ3v) is 9.44. The van der Waals surface area contributed by atoms with E-state index in [9.17, 15) is 30.8 Å². The molecule has 12 heteroatoms. The highest BCUT2D eigenvalue weighted by Crippen LogP contribution is 2.44. The summed E-state index contributed by atoms with van der Waals surface area (Å²) in [6.45, 7) is 1.47. The van der Waals surface area contributed by atoms with Crippen LogP contribution in [0, 0.1) is 5.82 Å². The lowest BCUT2D eigenvalue weighted by molar-refractivity contribution is -0.137. The smallest absolute Gasteiger partial charge is 0.386 e. The number of nitrogens with zero attached hydrogens (tertiary/aromatic N) is 2. The molecule has 1 saturated carbocycles. The molecule has 1 amide bonds. The van der Waals surface area contributed by atoms with Gasteiger partial charge in [0.1, 0.15) is 27.6 Å². The molecule has 0 saturated heterocycles. The van der Waals surface area contributed by atoms with Crippen molar-refractivity contribution in [3.05, 3.63) is 59.2 Å². The zero-order valence-corrected chi connectivity index (χ0v) is 19.6. The number of amides is 1. The number of alkyl halides is 3. The maximum atomic E-state index is 14.9. The number of hydrogen-bond donors (Lipinski definition) is 2. The van der Waals surface area contributed by atoms with Crippen LogP contribution in [0.3, 0.4) is 0 Å².